The van der Waals surface area contributed by atoms with Gasteiger partial charge in [0.1, 0.15) is 0 Å². The minimum atomic E-state index is -0.849. The van der Waals surface area contributed by atoms with Crippen LogP contribution in [0.5, 0.6) is 0 Å². The smallest absolute Gasteiger partial charge is 0.313 e. The van der Waals surface area contributed by atoms with E-state index in [1.54, 1.807) is 13.8 Å². The fraction of sp³-hybridized carbons (Fsp3) is 0.533. The third-order valence-electron chi connectivity index (χ3n) is 3.26. The topological polar surface area (TPSA) is 49.3 Å². The number of carboxylic acid groups (broad SMARTS) is 1. The zero-order valence-electron chi connectivity index (χ0n) is 11.9. The van der Waals surface area contributed by atoms with Crippen LogP contribution in [0.1, 0.15) is 38.8 Å². The lowest BCUT2D eigenvalue weighted by Crippen LogP contribution is -2.28. The van der Waals surface area contributed by atoms with E-state index in [4.69, 9.17) is 0 Å². The van der Waals surface area contributed by atoms with Crippen LogP contribution in [-0.4, -0.2) is 18.1 Å². The molecule has 0 aromatic heterocycles. The number of nitrogens with one attached hydrogen (secondary N) is 1. The van der Waals surface area contributed by atoms with Crippen molar-refractivity contribution in [2.24, 2.45) is 5.92 Å². The van der Waals surface area contributed by atoms with Crippen molar-refractivity contribution in [3.8, 4) is 0 Å². The highest BCUT2D eigenvalue weighted by molar-refractivity contribution is 5.80. The first-order valence-electron chi connectivity index (χ1n) is 6.33. The van der Waals surface area contributed by atoms with Crippen molar-refractivity contribution in [1.29, 1.82) is 0 Å². The summed E-state index contributed by atoms with van der Waals surface area (Å²) in [5.74, 6) is -0.254. The number of aliphatic carboxylic acids is 1. The first-order valence-corrected chi connectivity index (χ1v) is 6.33. The first-order chi connectivity index (χ1) is 8.28. The Balaban J connectivity index is 3.21. The molecule has 1 rings (SSSR count). The van der Waals surface area contributed by atoms with Crippen molar-refractivity contribution >= 4 is 11.7 Å². The number of hydrogen-bond acceptors (Lipinski definition) is 2. The van der Waals surface area contributed by atoms with Gasteiger partial charge in [-0.15, -0.1) is 0 Å². The molecule has 0 unspecified atom stereocenters. The molecule has 0 aliphatic heterocycles. The van der Waals surface area contributed by atoms with Crippen molar-refractivity contribution in [3.05, 3.63) is 29.3 Å². The van der Waals surface area contributed by atoms with E-state index in [1.165, 1.54) is 5.56 Å². The summed E-state index contributed by atoms with van der Waals surface area (Å²) in [5, 5.41) is 12.4. The third kappa shape index (κ3) is 3.03. The zero-order chi connectivity index (χ0) is 13.9. The fourth-order valence-corrected chi connectivity index (χ4v) is 1.96. The predicted octanol–water partition coefficient (Wildman–Crippen LogP) is 3.29. The monoisotopic (exact) mass is 249 g/mol. The van der Waals surface area contributed by atoms with E-state index in [2.05, 4.69) is 19.2 Å². The number of rotatable bonds is 5. The van der Waals surface area contributed by atoms with Gasteiger partial charge in [-0.3, -0.25) is 4.79 Å². The minimum absolute atomic E-state index is 0.542. The number of benzene rings is 1. The van der Waals surface area contributed by atoms with E-state index < -0.39 is 11.4 Å². The summed E-state index contributed by atoms with van der Waals surface area (Å²) < 4.78 is 0. The Labute approximate surface area is 109 Å². The van der Waals surface area contributed by atoms with Crippen molar-refractivity contribution in [3.63, 3.8) is 0 Å². The molecule has 0 radical (unpaired) electrons. The molecule has 3 heteroatoms. The maximum absolute atomic E-state index is 11.3. The third-order valence-corrected chi connectivity index (χ3v) is 3.26. The number of hydrogen-bond donors (Lipinski definition) is 2. The Hall–Kier alpha value is -1.51. The highest BCUT2D eigenvalue weighted by atomic mass is 16.4. The van der Waals surface area contributed by atoms with Gasteiger partial charge in [0.05, 0.1) is 5.41 Å². The quantitative estimate of drug-likeness (QED) is 0.842. The van der Waals surface area contributed by atoms with Crippen LogP contribution >= 0.6 is 0 Å². The average Bonchev–Trinajstić information content (AvgIpc) is 2.27. The Kier molecular flexibility index (Phi) is 4.38. The van der Waals surface area contributed by atoms with Crippen LogP contribution in [0.2, 0.25) is 0 Å². The van der Waals surface area contributed by atoms with Crippen molar-refractivity contribution in [2.45, 2.75) is 39.5 Å². The van der Waals surface area contributed by atoms with Gasteiger partial charge in [-0.25, -0.2) is 0 Å². The van der Waals surface area contributed by atoms with Crippen LogP contribution < -0.4 is 5.32 Å². The van der Waals surface area contributed by atoms with E-state index in [0.29, 0.717) is 5.92 Å². The summed E-state index contributed by atoms with van der Waals surface area (Å²) >= 11 is 0. The van der Waals surface area contributed by atoms with Gasteiger partial charge in [-0.2, -0.15) is 0 Å². The molecule has 0 aliphatic carbocycles. The highest BCUT2D eigenvalue weighted by Crippen LogP contribution is 2.28. The van der Waals surface area contributed by atoms with Crippen LogP contribution in [0, 0.1) is 5.92 Å². The molecule has 0 atom stereocenters. The second kappa shape index (κ2) is 5.42. The Bertz CT molecular complexity index is 436. The van der Waals surface area contributed by atoms with Crippen LogP contribution in [0.15, 0.2) is 18.2 Å². The predicted molar refractivity (Wildman–Crippen MR) is 75.2 cm³/mol. The molecule has 0 saturated carbocycles. The number of carboxylic acids is 1. The van der Waals surface area contributed by atoms with E-state index in [9.17, 15) is 9.90 Å². The molecule has 2 N–H and O–H groups in total. The van der Waals surface area contributed by atoms with Gasteiger partial charge in [0.25, 0.3) is 0 Å². The molecule has 18 heavy (non-hydrogen) atoms. The maximum atomic E-state index is 11.3. The Morgan fingerprint density at radius 1 is 1.39 bits per heavy atom. The standard InChI is InChI=1S/C15H23NO2/c1-10(2)8-11-9-12(6-7-13(11)16-5)15(3,4)14(17)18/h6-7,9-10,16H,8H2,1-5H3,(H,17,18). The molecule has 0 heterocycles. The number of carbonyl (C=O) groups is 1. The van der Waals surface area contributed by atoms with Gasteiger partial charge in [0, 0.05) is 12.7 Å². The largest absolute Gasteiger partial charge is 0.481 e. The normalized spacial score (nSPS) is 11.7. The molecular weight excluding hydrogens is 226 g/mol. The molecule has 0 aliphatic rings. The molecule has 1 aromatic carbocycles. The molecule has 0 spiro atoms. The van der Waals surface area contributed by atoms with Crippen LogP contribution in [0.25, 0.3) is 0 Å². The van der Waals surface area contributed by atoms with E-state index in [0.717, 1.165) is 17.7 Å². The van der Waals surface area contributed by atoms with E-state index in [-0.39, 0.29) is 0 Å². The van der Waals surface area contributed by atoms with Crippen LogP contribution in [0.3, 0.4) is 0 Å². The average molecular weight is 249 g/mol. The molecule has 0 saturated heterocycles. The zero-order valence-corrected chi connectivity index (χ0v) is 11.9. The molecule has 0 amide bonds. The molecule has 3 nitrogen and oxygen atoms in total. The summed E-state index contributed by atoms with van der Waals surface area (Å²) in [5.41, 5.74) is 2.26. The van der Waals surface area contributed by atoms with Gasteiger partial charge in [0.2, 0.25) is 0 Å². The fourth-order valence-electron chi connectivity index (χ4n) is 1.96. The Morgan fingerprint density at radius 2 is 2.00 bits per heavy atom. The van der Waals surface area contributed by atoms with E-state index in [1.807, 2.05) is 25.2 Å². The molecule has 0 bridgehead atoms. The minimum Gasteiger partial charge on any atom is -0.481 e. The highest BCUT2D eigenvalue weighted by Gasteiger charge is 2.29. The van der Waals surface area contributed by atoms with Gasteiger partial charge in [-0.1, -0.05) is 26.0 Å². The second-order valence-electron chi connectivity index (χ2n) is 5.65. The lowest BCUT2D eigenvalue weighted by atomic mass is 9.83. The van der Waals surface area contributed by atoms with Gasteiger partial charge < -0.3 is 10.4 Å². The molecule has 0 fully saturated rings. The van der Waals surface area contributed by atoms with Gasteiger partial charge >= 0.3 is 5.97 Å². The summed E-state index contributed by atoms with van der Waals surface area (Å²) in [6, 6.07) is 5.88. The molecular formula is C15H23NO2. The SMILES string of the molecule is CNc1ccc(C(C)(C)C(=O)O)cc1CC(C)C. The van der Waals surface area contributed by atoms with Crippen LogP contribution in [0.4, 0.5) is 5.69 Å². The van der Waals surface area contributed by atoms with Gasteiger partial charge in [0.15, 0.2) is 0 Å². The summed E-state index contributed by atoms with van der Waals surface area (Å²) in [6.45, 7) is 7.80. The van der Waals surface area contributed by atoms with Crippen molar-refractivity contribution in [2.75, 3.05) is 12.4 Å². The second-order valence-corrected chi connectivity index (χ2v) is 5.65. The van der Waals surface area contributed by atoms with Crippen molar-refractivity contribution in [1.82, 2.24) is 0 Å². The Morgan fingerprint density at radius 3 is 2.44 bits per heavy atom. The summed E-state index contributed by atoms with van der Waals surface area (Å²) in [7, 11) is 1.89. The van der Waals surface area contributed by atoms with Crippen molar-refractivity contribution < 1.29 is 9.90 Å². The van der Waals surface area contributed by atoms with E-state index >= 15 is 0 Å². The lowest BCUT2D eigenvalue weighted by molar-refractivity contribution is -0.142. The van der Waals surface area contributed by atoms with Gasteiger partial charge in [-0.05, 0) is 43.4 Å². The maximum Gasteiger partial charge on any atom is 0.313 e. The lowest BCUT2D eigenvalue weighted by Gasteiger charge is -2.22. The summed E-state index contributed by atoms with van der Waals surface area (Å²) in [4.78, 5) is 11.3. The molecule has 100 valence electrons. The number of anilines is 1. The first kappa shape index (κ1) is 14.6. The van der Waals surface area contributed by atoms with Crippen LogP contribution in [-0.2, 0) is 16.6 Å². The summed E-state index contributed by atoms with van der Waals surface area (Å²) in [6.07, 6.45) is 0.944. The molecule has 1 aromatic rings.